The fraction of sp³-hybridized carbons (Fsp3) is 0.118. The fourth-order valence-corrected chi connectivity index (χ4v) is 2.90. The number of nitrogen functional groups attached to an aromatic ring is 1. The number of nitrogens with zero attached hydrogens (tertiary/aromatic N) is 2. The van der Waals surface area contributed by atoms with Gasteiger partial charge in [-0.15, -0.1) is 0 Å². The molecule has 0 saturated carbocycles. The molecule has 3 rings (SSSR count). The summed E-state index contributed by atoms with van der Waals surface area (Å²) in [6, 6.07) is 10.1. The van der Waals surface area contributed by atoms with Gasteiger partial charge in [0.25, 0.3) is 0 Å². The van der Waals surface area contributed by atoms with Crippen molar-refractivity contribution < 1.29 is 9.13 Å². The Morgan fingerprint density at radius 1 is 1.26 bits per heavy atom. The van der Waals surface area contributed by atoms with Crippen LogP contribution in [0.25, 0.3) is 11.1 Å². The Kier molecular flexibility index (Phi) is 4.09. The van der Waals surface area contributed by atoms with Crippen LogP contribution in [0.4, 0.5) is 10.1 Å². The van der Waals surface area contributed by atoms with Gasteiger partial charge in [-0.05, 0) is 46.6 Å². The Labute approximate surface area is 141 Å². The van der Waals surface area contributed by atoms with Crippen molar-refractivity contribution in [3.05, 3.63) is 58.7 Å². The van der Waals surface area contributed by atoms with Gasteiger partial charge in [-0.3, -0.25) is 0 Å². The smallest absolute Gasteiger partial charge is 0.219 e. The molecular weight excluding hydrogens is 361 g/mol. The lowest BCUT2D eigenvalue weighted by Crippen LogP contribution is -1.93. The Morgan fingerprint density at radius 2 is 2.04 bits per heavy atom. The van der Waals surface area contributed by atoms with Gasteiger partial charge in [0, 0.05) is 30.6 Å². The minimum Gasteiger partial charge on any atom is -0.436 e. The first-order valence-corrected chi connectivity index (χ1v) is 7.76. The van der Waals surface area contributed by atoms with Crippen molar-refractivity contribution in [1.29, 1.82) is 0 Å². The first-order valence-electron chi connectivity index (χ1n) is 6.97. The highest BCUT2D eigenvalue weighted by atomic mass is 79.9. The quantitative estimate of drug-likeness (QED) is 0.723. The zero-order valence-electron chi connectivity index (χ0n) is 12.7. The molecule has 1 aromatic carbocycles. The van der Waals surface area contributed by atoms with E-state index < -0.39 is 5.82 Å². The zero-order chi connectivity index (χ0) is 16.6. The minimum absolute atomic E-state index is 0.123. The van der Waals surface area contributed by atoms with Gasteiger partial charge in [0.2, 0.25) is 5.88 Å². The first-order chi connectivity index (χ1) is 11.0. The fourth-order valence-electron chi connectivity index (χ4n) is 2.34. The molecule has 0 aliphatic carbocycles. The summed E-state index contributed by atoms with van der Waals surface area (Å²) in [6.45, 7) is 1.85. The first kappa shape index (κ1) is 15.6. The molecule has 3 aromatic rings. The van der Waals surface area contributed by atoms with E-state index in [-0.39, 0.29) is 5.75 Å². The maximum atomic E-state index is 14.4. The van der Waals surface area contributed by atoms with Crippen molar-refractivity contribution >= 4 is 21.6 Å². The van der Waals surface area contributed by atoms with Gasteiger partial charge in [0.15, 0.2) is 11.6 Å². The Hall–Kier alpha value is -2.34. The number of halogens is 2. The maximum absolute atomic E-state index is 14.4. The minimum atomic E-state index is -0.471. The topological polar surface area (TPSA) is 53.1 Å². The molecule has 118 valence electrons. The molecule has 0 aliphatic rings. The lowest BCUT2D eigenvalue weighted by atomic mass is 10.1. The van der Waals surface area contributed by atoms with Crippen LogP contribution in [-0.4, -0.2) is 9.55 Å². The molecule has 0 radical (unpaired) electrons. The van der Waals surface area contributed by atoms with E-state index in [1.54, 1.807) is 24.4 Å². The van der Waals surface area contributed by atoms with Gasteiger partial charge < -0.3 is 15.0 Å². The van der Waals surface area contributed by atoms with Crippen LogP contribution < -0.4 is 10.5 Å². The van der Waals surface area contributed by atoms with Crippen LogP contribution in [0.1, 0.15) is 5.69 Å². The normalized spacial score (nSPS) is 10.8. The average Bonchev–Trinajstić information content (AvgIpc) is 2.74. The van der Waals surface area contributed by atoms with Crippen LogP contribution in [0.5, 0.6) is 11.6 Å². The number of ether oxygens (including phenoxy) is 1. The Balaban J connectivity index is 1.95. The second kappa shape index (κ2) is 6.04. The molecule has 2 N–H and O–H groups in total. The zero-order valence-corrected chi connectivity index (χ0v) is 14.3. The van der Waals surface area contributed by atoms with Gasteiger partial charge >= 0.3 is 0 Å². The van der Waals surface area contributed by atoms with E-state index in [1.807, 2.05) is 30.7 Å². The van der Waals surface area contributed by atoms with Crippen LogP contribution in [0.15, 0.2) is 47.2 Å². The highest BCUT2D eigenvalue weighted by Gasteiger charge is 2.15. The average molecular weight is 376 g/mol. The molecule has 0 spiro atoms. The second-order valence-corrected chi connectivity index (χ2v) is 5.98. The predicted molar refractivity (Wildman–Crippen MR) is 92.0 cm³/mol. The summed E-state index contributed by atoms with van der Waals surface area (Å²) in [7, 11) is 1.86. The molecule has 0 aliphatic heterocycles. The van der Waals surface area contributed by atoms with Crippen molar-refractivity contribution in [1.82, 2.24) is 9.55 Å². The second-order valence-electron chi connectivity index (χ2n) is 5.23. The summed E-state index contributed by atoms with van der Waals surface area (Å²) in [5.74, 6) is 0.00971. The molecule has 2 aromatic heterocycles. The van der Waals surface area contributed by atoms with E-state index in [0.29, 0.717) is 17.1 Å². The van der Waals surface area contributed by atoms with Crippen molar-refractivity contribution in [2.45, 2.75) is 6.92 Å². The molecule has 6 heteroatoms. The third-order valence-corrected chi connectivity index (χ3v) is 4.39. The summed E-state index contributed by atoms with van der Waals surface area (Å²) < 4.78 is 22.5. The Bertz CT molecular complexity index is 876. The molecule has 0 bridgehead atoms. The molecule has 0 unspecified atom stereocenters. The number of anilines is 1. The van der Waals surface area contributed by atoms with Crippen molar-refractivity contribution in [2.24, 2.45) is 7.05 Å². The number of aromatic nitrogens is 2. The maximum Gasteiger partial charge on any atom is 0.219 e. The number of hydrogen-bond acceptors (Lipinski definition) is 3. The molecule has 2 heterocycles. The number of benzene rings is 1. The molecule has 0 saturated heterocycles. The monoisotopic (exact) mass is 375 g/mol. The lowest BCUT2D eigenvalue weighted by molar-refractivity contribution is 0.427. The molecular formula is C17H15BrFN3O. The number of aryl methyl sites for hydroxylation is 2. The summed E-state index contributed by atoms with van der Waals surface area (Å²) in [6.07, 6.45) is 1.78. The van der Waals surface area contributed by atoms with Gasteiger partial charge in [0.1, 0.15) is 0 Å². The number of rotatable bonds is 3. The van der Waals surface area contributed by atoms with Crippen LogP contribution in [0, 0.1) is 12.7 Å². The highest BCUT2D eigenvalue weighted by Crippen LogP contribution is 2.37. The third-order valence-electron chi connectivity index (χ3n) is 3.44. The van der Waals surface area contributed by atoms with Crippen molar-refractivity contribution in [3.63, 3.8) is 0 Å². The molecule has 23 heavy (non-hydrogen) atoms. The third kappa shape index (κ3) is 3.07. The molecule has 0 fully saturated rings. The van der Waals surface area contributed by atoms with Crippen LogP contribution in [0.2, 0.25) is 0 Å². The van der Waals surface area contributed by atoms with E-state index in [9.17, 15) is 4.39 Å². The predicted octanol–water partition coefficient (Wildman–Crippen LogP) is 4.67. The highest BCUT2D eigenvalue weighted by molar-refractivity contribution is 9.10. The molecule has 0 atom stereocenters. The number of nitrogens with two attached hydrogens (primary N) is 1. The van der Waals surface area contributed by atoms with Gasteiger partial charge in [-0.1, -0.05) is 12.1 Å². The summed E-state index contributed by atoms with van der Waals surface area (Å²) in [5.41, 5.74) is 8.80. The molecule has 0 amide bonds. The van der Waals surface area contributed by atoms with Gasteiger partial charge in [-0.25, -0.2) is 9.37 Å². The number of hydrogen-bond donors (Lipinski definition) is 1. The van der Waals surface area contributed by atoms with E-state index in [2.05, 4.69) is 20.9 Å². The molecule has 4 nitrogen and oxygen atoms in total. The lowest BCUT2D eigenvalue weighted by Gasteiger charge is -2.09. The van der Waals surface area contributed by atoms with Crippen LogP contribution in [0.3, 0.4) is 0 Å². The van der Waals surface area contributed by atoms with Gasteiger partial charge in [0.05, 0.1) is 10.3 Å². The van der Waals surface area contributed by atoms with Crippen LogP contribution >= 0.6 is 15.9 Å². The van der Waals surface area contributed by atoms with E-state index >= 15 is 0 Å². The van der Waals surface area contributed by atoms with Crippen molar-refractivity contribution in [2.75, 3.05) is 5.73 Å². The standard InChI is InChI=1S/C17H15BrFN3O/c1-10-4-3-5-15(21-10)23-14-7-6-11(8-12(14)19)16-13(20)9-22(2)17(16)18/h3-9H,20H2,1-2H3. The largest absolute Gasteiger partial charge is 0.436 e. The SMILES string of the molecule is Cc1cccc(Oc2ccc(-c3c(N)cn(C)c3Br)cc2F)n1. The van der Waals surface area contributed by atoms with E-state index in [0.717, 1.165) is 15.9 Å². The summed E-state index contributed by atoms with van der Waals surface area (Å²) in [4.78, 5) is 4.20. The van der Waals surface area contributed by atoms with Crippen molar-refractivity contribution in [3.8, 4) is 22.8 Å². The summed E-state index contributed by atoms with van der Waals surface area (Å²) in [5, 5.41) is 0. The number of pyridine rings is 1. The Morgan fingerprint density at radius 3 is 2.65 bits per heavy atom. The van der Waals surface area contributed by atoms with E-state index in [1.165, 1.54) is 6.07 Å². The van der Waals surface area contributed by atoms with Crippen LogP contribution in [-0.2, 0) is 7.05 Å². The summed E-state index contributed by atoms with van der Waals surface area (Å²) >= 11 is 3.46. The van der Waals surface area contributed by atoms with E-state index in [4.69, 9.17) is 10.5 Å². The van der Waals surface area contributed by atoms with Gasteiger partial charge in [-0.2, -0.15) is 0 Å².